The number of fused-ring (bicyclic) bond motifs is 1. The minimum absolute atomic E-state index is 0.0726. The lowest BCUT2D eigenvalue weighted by atomic mass is 9.88. The number of carbonyl (C=O) groups excluding carboxylic acids is 3. The Morgan fingerprint density at radius 2 is 1.91 bits per heavy atom. The standard InChI is InChI=1S/C18H24N2O2.C13H22FNO3.CH3NO/c1-12-10-13(12)6-4-3-5-7-16-18(21)20-17-11-14(22-2)8-9-15(17)19-16;1-8(16)10-9(7-14)5-6-15(10)12(18)11(17)13(2,3)4;2-1-3/h8-9,11-13H,3-7,10H2,1-2H3,(H,20,21);9-11,17H,5-7H2,1-4H3;1H,(H2,2,3)/t;9?,10?,11-;/m.1./s1. The number of alkyl halides is 1. The Morgan fingerprint density at radius 3 is 2.44 bits per heavy atom. The van der Waals surface area contributed by atoms with Gasteiger partial charge in [0.15, 0.2) is 5.78 Å². The Labute approximate surface area is 253 Å². The van der Waals surface area contributed by atoms with Gasteiger partial charge in [0, 0.05) is 18.5 Å². The molecule has 0 spiro atoms. The molecule has 2 fully saturated rings. The van der Waals surface area contributed by atoms with Crippen LogP contribution >= 0.6 is 0 Å². The molecule has 43 heavy (non-hydrogen) atoms. The molecular formula is C32H49FN4O6. The van der Waals surface area contributed by atoms with Crippen LogP contribution in [0.25, 0.3) is 11.0 Å². The van der Waals surface area contributed by atoms with Crippen molar-refractivity contribution in [1.82, 2.24) is 14.9 Å². The Balaban J connectivity index is 0.000000281. The topological polar surface area (TPSA) is 156 Å². The Kier molecular flexibility index (Phi) is 13.8. The number of aromatic amines is 1. The molecule has 4 N–H and O–H groups in total. The summed E-state index contributed by atoms with van der Waals surface area (Å²) >= 11 is 0. The van der Waals surface area contributed by atoms with E-state index in [0.717, 1.165) is 41.5 Å². The molecular weight excluding hydrogens is 555 g/mol. The zero-order chi connectivity index (χ0) is 32.3. The molecule has 4 rings (SSSR count). The smallest absolute Gasteiger partial charge is 0.270 e. The van der Waals surface area contributed by atoms with Gasteiger partial charge >= 0.3 is 0 Å². The number of unbranched alkanes of at least 4 members (excludes halogenated alkanes) is 2. The number of hydrogen-bond acceptors (Lipinski definition) is 7. The number of ether oxygens (including phenoxy) is 1. The molecule has 1 aromatic carbocycles. The van der Waals surface area contributed by atoms with Gasteiger partial charge in [-0.05, 0) is 62.0 Å². The lowest BCUT2D eigenvalue weighted by molar-refractivity contribution is -0.149. The van der Waals surface area contributed by atoms with E-state index in [1.54, 1.807) is 27.9 Å². The highest BCUT2D eigenvalue weighted by molar-refractivity contribution is 5.90. The summed E-state index contributed by atoms with van der Waals surface area (Å²) in [4.78, 5) is 53.2. The van der Waals surface area contributed by atoms with Gasteiger partial charge in [-0.25, -0.2) is 4.98 Å². The van der Waals surface area contributed by atoms with Crippen molar-refractivity contribution >= 4 is 29.1 Å². The first-order valence-corrected chi connectivity index (χ1v) is 15.1. The number of nitrogens with one attached hydrogen (secondary N) is 1. The van der Waals surface area contributed by atoms with Crippen molar-refractivity contribution < 1.29 is 28.6 Å². The van der Waals surface area contributed by atoms with E-state index in [-0.39, 0.29) is 17.8 Å². The average molecular weight is 605 g/mol. The van der Waals surface area contributed by atoms with E-state index < -0.39 is 36.1 Å². The fraction of sp³-hybridized carbons (Fsp3) is 0.656. The molecule has 0 bridgehead atoms. The number of rotatable bonds is 10. The highest BCUT2D eigenvalue weighted by atomic mass is 19.1. The number of aliphatic hydroxyl groups excluding tert-OH is 1. The molecule has 1 aliphatic carbocycles. The maximum atomic E-state index is 12.8. The van der Waals surface area contributed by atoms with E-state index in [9.17, 15) is 23.9 Å². The number of halogens is 1. The second kappa shape index (κ2) is 16.5. The van der Waals surface area contributed by atoms with Crippen molar-refractivity contribution in [2.75, 3.05) is 20.3 Å². The summed E-state index contributed by atoms with van der Waals surface area (Å²) in [6.45, 7) is 8.67. The monoisotopic (exact) mass is 604 g/mol. The molecule has 2 heterocycles. The first-order chi connectivity index (χ1) is 20.3. The van der Waals surface area contributed by atoms with E-state index in [0.29, 0.717) is 18.7 Å². The van der Waals surface area contributed by atoms with Gasteiger partial charge in [0.25, 0.3) is 11.5 Å². The molecule has 5 atom stereocenters. The fourth-order valence-corrected chi connectivity index (χ4v) is 5.42. The molecule has 1 aromatic heterocycles. The minimum Gasteiger partial charge on any atom is -0.497 e. The Bertz CT molecular complexity index is 1280. The maximum absolute atomic E-state index is 12.8. The quantitative estimate of drug-likeness (QED) is 0.274. The van der Waals surface area contributed by atoms with Crippen LogP contribution in [-0.4, -0.2) is 70.5 Å². The molecule has 240 valence electrons. The van der Waals surface area contributed by atoms with Crippen LogP contribution in [0.5, 0.6) is 5.75 Å². The lowest BCUT2D eigenvalue weighted by Gasteiger charge is -2.32. The van der Waals surface area contributed by atoms with Gasteiger partial charge in [0.05, 0.1) is 30.9 Å². The van der Waals surface area contributed by atoms with Crippen LogP contribution < -0.4 is 16.0 Å². The predicted octanol–water partition coefficient (Wildman–Crippen LogP) is 3.96. The third-order valence-corrected chi connectivity index (χ3v) is 8.21. The zero-order valence-corrected chi connectivity index (χ0v) is 26.4. The number of H-pyrrole nitrogens is 1. The van der Waals surface area contributed by atoms with E-state index in [4.69, 9.17) is 9.53 Å². The van der Waals surface area contributed by atoms with Crippen molar-refractivity contribution in [1.29, 1.82) is 0 Å². The number of nitrogens with zero attached hydrogens (tertiary/aromatic N) is 2. The number of Topliss-reactive ketones (excluding diaryl/α,β-unsaturated/α-hetero) is 1. The number of primary amides is 1. The van der Waals surface area contributed by atoms with Gasteiger partial charge in [-0.15, -0.1) is 0 Å². The van der Waals surface area contributed by atoms with Crippen LogP contribution in [0.15, 0.2) is 23.0 Å². The van der Waals surface area contributed by atoms with Gasteiger partial charge in [0.1, 0.15) is 17.5 Å². The predicted molar refractivity (Wildman–Crippen MR) is 164 cm³/mol. The van der Waals surface area contributed by atoms with Gasteiger partial charge in [0.2, 0.25) is 6.41 Å². The number of aromatic nitrogens is 2. The molecule has 4 unspecified atom stereocenters. The van der Waals surface area contributed by atoms with E-state index in [2.05, 4.69) is 22.6 Å². The molecule has 0 radical (unpaired) electrons. The first-order valence-electron chi connectivity index (χ1n) is 15.1. The number of amides is 2. The highest BCUT2D eigenvalue weighted by Crippen LogP contribution is 2.41. The van der Waals surface area contributed by atoms with Crippen LogP contribution in [0, 0.1) is 23.2 Å². The number of methoxy groups -OCH3 is 1. The van der Waals surface area contributed by atoms with E-state index in [1.165, 1.54) is 37.5 Å². The van der Waals surface area contributed by atoms with E-state index in [1.807, 2.05) is 18.2 Å². The molecule has 11 heteroatoms. The summed E-state index contributed by atoms with van der Waals surface area (Å²) in [7, 11) is 1.61. The summed E-state index contributed by atoms with van der Waals surface area (Å²) in [5, 5.41) is 9.98. The Hall–Kier alpha value is -3.34. The summed E-state index contributed by atoms with van der Waals surface area (Å²) < 4.78 is 18.0. The molecule has 1 saturated heterocycles. The van der Waals surface area contributed by atoms with Crippen LogP contribution in [0.2, 0.25) is 0 Å². The van der Waals surface area contributed by atoms with Gasteiger partial charge in [-0.3, -0.25) is 23.6 Å². The molecule has 1 saturated carbocycles. The number of likely N-dealkylation sites (tertiary alicyclic amines) is 1. The summed E-state index contributed by atoms with van der Waals surface area (Å²) in [6, 6.07) is 4.85. The number of hydrogen-bond donors (Lipinski definition) is 3. The molecule has 2 amide bonds. The maximum Gasteiger partial charge on any atom is 0.270 e. The molecule has 10 nitrogen and oxygen atoms in total. The van der Waals surface area contributed by atoms with Crippen molar-refractivity contribution in [2.24, 2.45) is 28.9 Å². The Morgan fingerprint density at radius 1 is 1.26 bits per heavy atom. The molecule has 2 aromatic rings. The van der Waals surface area contributed by atoms with Crippen molar-refractivity contribution in [3.63, 3.8) is 0 Å². The van der Waals surface area contributed by atoms with Crippen LogP contribution in [0.3, 0.4) is 0 Å². The largest absolute Gasteiger partial charge is 0.497 e. The van der Waals surface area contributed by atoms with Crippen LogP contribution in [0.1, 0.15) is 78.8 Å². The number of aryl methyl sites for hydroxylation is 1. The van der Waals surface area contributed by atoms with Gasteiger partial charge in [-0.1, -0.05) is 47.0 Å². The zero-order valence-electron chi connectivity index (χ0n) is 26.4. The molecule has 2 aliphatic rings. The third kappa shape index (κ3) is 10.4. The lowest BCUT2D eigenvalue weighted by Crippen LogP contribution is -2.50. The van der Waals surface area contributed by atoms with Crippen LogP contribution in [-0.2, 0) is 20.8 Å². The van der Waals surface area contributed by atoms with Crippen molar-refractivity contribution in [3.05, 3.63) is 34.2 Å². The highest BCUT2D eigenvalue weighted by Gasteiger charge is 2.43. The number of benzene rings is 1. The minimum atomic E-state index is -1.17. The van der Waals surface area contributed by atoms with Gasteiger partial charge < -0.3 is 25.5 Å². The summed E-state index contributed by atoms with van der Waals surface area (Å²) in [5.74, 6) is 1.52. The second-order valence-corrected chi connectivity index (χ2v) is 12.7. The number of aliphatic hydroxyl groups is 1. The van der Waals surface area contributed by atoms with Crippen LogP contribution in [0.4, 0.5) is 4.39 Å². The summed E-state index contributed by atoms with van der Waals surface area (Å²) in [6.07, 6.45) is 6.58. The number of ketones is 1. The second-order valence-electron chi connectivity index (χ2n) is 12.7. The number of carbonyl (C=O) groups is 3. The van der Waals surface area contributed by atoms with Gasteiger partial charge in [-0.2, -0.15) is 0 Å². The third-order valence-electron chi connectivity index (χ3n) is 8.21. The van der Waals surface area contributed by atoms with E-state index >= 15 is 0 Å². The van der Waals surface area contributed by atoms with Crippen molar-refractivity contribution in [3.8, 4) is 5.75 Å². The molecule has 1 aliphatic heterocycles. The first kappa shape index (κ1) is 35.9. The fourth-order valence-electron chi connectivity index (χ4n) is 5.42. The average Bonchev–Trinajstić information content (AvgIpc) is 3.48. The SMILES string of the molecule is CC(=O)C1C(CF)CCN1C(=O)[C@@H](O)C(C)(C)C.COc1ccc2nc(CCCCCC3CC3C)c(=O)[nH]c2c1.NC=O. The normalized spacial score (nSPS) is 21.6. The van der Waals surface area contributed by atoms with Crippen molar-refractivity contribution in [2.45, 2.75) is 91.7 Å². The number of nitrogens with two attached hydrogens (primary N) is 1. The summed E-state index contributed by atoms with van der Waals surface area (Å²) in [5.41, 5.74) is 5.71.